The van der Waals surface area contributed by atoms with E-state index < -0.39 is 27.7 Å². The minimum atomic E-state index is -4.06. The highest BCUT2D eigenvalue weighted by atomic mass is 32.2. The molecule has 0 atom stereocenters. The maximum Gasteiger partial charge on any atom is 0.261 e. The standard InChI is InChI=1S/C22H20FN3O5S/c1-2-31-20-12-11-16(13-19(20)25-22(28)17-5-3-4-6-18(17)23)32(29,30)26-15-9-7-14(8-10-15)21(24)27/h3-13,26H,2H2,1H3,(H2,24,27)(H,25,28). The van der Waals surface area contributed by atoms with E-state index in [1.807, 2.05) is 0 Å². The van der Waals surface area contributed by atoms with E-state index in [9.17, 15) is 22.4 Å². The quantitative estimate of drug-likeness (QED) is 0.478. The third-order valence-corrected chi connectivity index (χ3v) is 5.73. The van der Waals surface area contributed by atoms with E-state index in [4.69, 9.17) is 10.5 Å². The molecule has 3 aromatic rings. The fourth-order valence-corrected chi connectivity index (χ4v) is 3.89. The van der Waals surface area contributed by atoms with E-state index in [1.165, 1.54) is 60.7 Å². The average Bonchev–Trinajstić information content (AvgIpc) is 2.75. The lowest BCUT2D eigenvalue weighted by Crippen LogP contribution is -2.17. The van der Waals surface area contributed by atoms with Gasteiger partial charge in [0.2, 0.25) is 5.91 Å². The van der Waals surface area contributed by atoms with Gasteiger partial charge in [-0.2, -0.15) is 0 Å². The number of halogens is 1. The van der Waals surface area contributed by atoms with Gasteiger partial charge in [0.25, 0.3) is 15.9 Å². The molecule has 3 rings (SSSR count). The van der Waals surface area contributed by atoms with Crippen LogP contribution in [0.15, 0.2) is 71.6 Å². The van der Waals surface area contributed by atoms with Gasteiger partial charge in [-0.05, 0) is 61.5 Å². The van der Waals surface area contributed by atoms with E-state index in [1.54, 1.807) is 6.92 Å². The van der Waals surface area contributed by atoms with Crippen LogP contribution < -0.4 is 20.5 Å². The number of amides is 2. The molecule has 4 N–H and O–H groups in total. The molecular weight excluding hydrogens is 437 g/mol. The zero-order chi connectivity index (χ0) is 23.3. The second-order valence-corrected chi connectivity index (χ2v) is 8.25. The number of hydrogen-bond donors (Lipinski definition) is 3. The second-order valence-electron chi connectivity index (χ2n) is 6.57. The minimum absolute atomic E-state index is 0.0621. The smallest absolute Gasteiger partial charge is 0.261 e. The van der Waals surface area contributed by atoms with Crippen molar-refractivity contribution in [3.63, 3.8) is 0 Å². The number of hydrogen-bond acceptors (Lipinski definition) is 5. The maximum atomic E-state index is 14.0. The minimum Gasteiger partial charge on any atom is -0.492 e. The maximum absolute atomic E-state index is 14.0. The van der Waals surface area contributed by atoms with Crippen molar-refractivity contribution in [3.8, 4) is 5.75 Å². The van der Waals surface area contributed by atoms with Gasteiger partial charge < -0.3 is 15.8 Å². The summed E-state index contributed by atoms with van der Waals surface area (Å²) in [5, 5.41) is 2.50. The van der Waals surface area contributed by atoms with Crippen molar-refractivity contribution in [3.05, 3.63) is 83.7 Å². The third-order valence-electron chi connectivity index (χ3n) is 4.35. The molecule has 0 aliphatic carbocycles. The van der Waals surface area contributed by atoms with Gasteiger partial charge in [0.05, 0.1) is 22.8 Å². The van der Waals surface area contributed by atoms with Crippen LogP contribution in [0.4, 0.5) is 15.8 Å². The molecule has 0 saturated heterocycles. The monoisotopic (exact) mass is 457 g/mol. The Morgan fingerprint density at radius 3 is 2.34 bits per heavy atom. The van der Waals surface area contributed by atoms with E-state index in [-0.39, 0.29) is 39.8 Å². The van der Waals surface area contributed by atoms with Crippen LogP contribution in [0, 0.1) is 5.82 Å². The average molecular weight is 457 g/mol. The van der Waals surface area contributed by atoms with E-state index >= 15 is 0 Å². The van der Waals surface area contributed by atoms with Crippen LogP contribution in [0.3, 0.4) is 0 Å². The van der Waals surface area contributed by atoms with Crippen molar-refractivity contribution >= 4 is 33.2 Å². The number of primary amides is 1. The highest BCUT2D eigenvalue weighted by Crippen LogP contribution is 2.29. The van der Waals surface area contributed by atoms with Gasteiger partial charge in [0.1, 0.15) is 11.6 Å². The predicted molar refractivity (Wildman–Crippen MR) is 118 cm³/mol. The summed E-state index contributed by atoms with van der Waals surface area (Å²) < 4.78 is 47.5. The summed E-state index contributed by atoms with van der Waals surface area (Å²) in [6, 6.07) is 14.9. The van der Waals surface area contributed by atoms with Crippen LogP contribution in [0.25, 0.3) is 0 Å². The van der Waals surface area contributed by atoms with Crippen molar-refractivity contribution < 1.29 is 27.1 Å². The number of nitrogens with one attached hydrogen (secondary N) is 2. The molecule has 10 heteroatoms. The molecule has 0 heterocycles. The van der Waals surface area contributed by atoms with Crippen LogP contribution in [-0.2, 0) is 10.0 Å². The number of nitrogens with two attached hydrogens (primary N) is 1. The first-order valence-electron chi connectivity index (χ1n) is 9.46. The topological polar surface area (TPSA) is 128 Å². The van der Waals surface area contributed by atoms with Crippen LogP contribution >= 0.6 is 0 Å². The van der Waals surface area contributed by atoms with Crippen molar-refractivity contribution in [1.29, 1.82) is 0 Å². The third kappa shape index (κ3) is 5.22. The fourth-order valence-electron chi connectivity index (χ4n) is 2.81. The molecule has 0 unspecified atom stereocenters. The van der Waals surface area contributed by atoms with Crippen molar-refractivity contribution in [2.24, 2.45) is 5.73 Å². The molecule has 0 fully saturated rings. The van der Waals surface area contributed by atoms with Crippen LogP contribution in [0.5, 0.6) is 5.75 Å². The molecule has 2 amide bonds. The summed E-state index contributed by atoms with van der Waals surface area (Å²) in [5.74, 6) is -1.88. The van der Waals surface area contributed by atoms with E-state index in [0.717, 1.165) is 6.07 Å². The Balaban J connectivity index is 1.90. The summed E-state index contributed by atoms with van der Waals surface area (Å²) in [6.07, 6.45) is 0. The highest BCUT2D eigenvalue weighted by Gasteiger charge is 2.19. The number of rotatable bonds is 8. The van der Waals surface area contributed by atoms with Gasteiger partial charge in [-0.15, -0.1) is 0 Å². The molecule has 0 saturated carbocycles. The second kappa shape index (κ2) is 9.48. The van der Waals surface area contributed by atoms with Gasteiger partial charge in [-0.3, -0.25) is 14.3 Å². The summed E-state index contributed by atoms with van der Waals surface area (Å²) >= 11 is 0. The van der Waals surface area contributed by atoms with E-state index in [2.05, 4.69) is 10.0 Å². The molecule has 0 bridgehead atoms. The van der Waals surface area contributed by atoms with Crippen LogP contribution in [-0.4, -0.2) is 26.8 Å². The molecule has 32 heavy (non-hydrogen) atoms. The first kappa shape index (κ1) is 22.8. The Kier molecular flexibility index (Phi) is 6.74. The Morgan fingerprint density at radius 2 is 1.72 bits per heavy atom. The Labute approximate surface area is 184 Å². The number of ether oxygens (including phenoxy) is 1. The number of carbonyl (C=O) groups is 2. The molecule has 8 nitrogen and oxygen atoms in total. The zero-order valence-electron chi connectivity index (χ0n) is 17.0. The van der Waals surface area contributed by atoms with Crippen molar-refractivity contribution in [2.75, 3.05) is 16.6 Å². The zero-order valence-corrected chi connectivity index (χ0v) is 17.8. The number of benzene rings is 3. The first-order chi connectivity index (χ1) is 15.2. The molecular formula is C22H20FN3O5S. The van der Waals surface area contributed by atoms with E-state index in [0.29, 0.717) is 0 Å². The number of carbonyl (C=O) groups excluding carboxylic acids is 2. The molecule has 0 spiro atoms. The predicted octanol–water partition coefficient (Wildman–Crippen LogP) is 3.38. The molecule has 0 radical (unpaired) electrons. The fraction of sp³-hybridized carbons (Fsp3) is 0.0909. The Hall–Kier alpha value is -3.92. The summed E-state index contributed by atoms with van der Waals surface area (Å²) in [7, 11) is -4.06. The molecule has 0 aliphatic rings. The molecule has 0 aromatic heterocycles. The SMILES string of the molecule is CCOc1ccc(S(=O)(=O)Nc2ccc(C(N)=O)cc2)cc1NC(=O)c1ccccc1F. The summed E-state index contributed by atoms with van der Waals surface area (Å²) in [6.45, 7) is 1.99. The Morgan fingerprint density at radius 1 is 1.03 bits per heavy atom. The van der Waals surface area contributed by atoms with Crippen LogP contribution in [0.2, 0.25) is 0 Å². The number of anilines is 2. The van der Waals surface area contributed by atoms with Gasteiger partial charge in [-0.25, -0.2) is 12.8 Å². The van der Waals surface area contributed by atoms with Gasteiger partial charge in [-0.1, -0.05) is 12.1 Å². The lowest BCUT2D eigenvalue weighted by Gasteiger charge is -2.14. The normalized spacial score (nSPS) is 10.9. The number of sulfonamides is 1. The van der Waals surface area contributed by atoms with Gasteiger partial charge in [0.15, 0.2) is 0 Å². The van der Waals surface area contributed by atoms with Gasteiger partial charge >= 0.3 is 0 Å². The lowest BCUT2D eigenvalue weighted by molar-refractivity contribution is 0.0997. The van der Waals surface area contributed by atoms with Crippen molar-refractivity contribution in [2.45, 2.75) is 11.8 Å². The summed E-state index contributed by atoms with van der Waals surface area (Å²) in [4.78, 5) is 23.5. The molecule has 0 aliphatic heterocycles. The van der Waals surface area contributed by atoms with Crippen molar-refractivity contribution in [1.82, 2.24) is 0 Å². The lowest BCUT2D eigenvalue weighted by atomic mass is 10.2. The highest BCUT2D eigenvalue weighted by molar-refractivity contribution is 7.92. The Bertz CT molecular complexity index is 1260. The summed E-state index contributed by atoms with van der Waals surface area (Å²) in [5.41, 5.74) is 5.48. The molecule has 166 valence electrons. The molecule has 3 aromatic carbocycles. The van der Waals surface area contributed by atoms with Gasteiger partial charge in [0, 0.05) is 11.3 Å². The first-order valence-corrected chi connectivity index (χ1v) is 10.9. The van der Waals surface area contributed by atoms with Crippen LogP contribution in [0.1, 0.15) is 27.6 Å². The largest absolute Gasteiger partial charge is 0.492 e.